The van der Waals surface area contributed by atoms with Gasteiger partial charge in [-0.05, 0) is 11.0 Å². The Kier molecular flexibility index (Phi) is 5.18. The highest BCUT2D eigenvalue weighted by atomic mass is 16.6. The van der Waals surface area contributed by atoms with Crippen molar-refractivity contribution >= 4 is 17.3 Å². The number of aromatic nitrogens is 2. The Bertz CT molecular complexity index is 833. The second kappa shape index (κ2) is 7.31. The Morgan fingerprint density at radius 2 is 1.84 bits per heavy atom. The summed E-state index contributed by atoms with van der Waals surface area (Å²) >= 11 is 0. The number of nitro benzene ring substituents is 2. The van der Waals surface area contributed by atoms with Gasteiger partial charge in [-0.1, -0.05) is 4.98 Å². The van der Waals surface area contributed by atoms with Gasteiger partial charge in [0.25, 0.3) is 5.69 Å². The van der Waals surface area contributed by atoms with E-state index < -0.39 is 32.1 Å². The second-order valence-corrected chi connectivity index (χ2v) is 4.64. The summed E-state index contributed by atoms with van der Waals surface area (Å²) in [5, 5.41) is 41.6. The molecule has 2 rings (SSSR count). The lowest BCUT2D eigenvalue weighted by atomic mass is 10.2. The van der Waals surface area contributed by atoms with Crippen LogP contribution in [0.2, 0.25) is 0 Å². The zero-order chi connectivity index (χ0) is 18.6. The fourth-order valence-electron chi connectivity index (χ4n) is 2.04. The molecular formula is C12H11N5O8. The number of aliphatic hydroxyl groups excluding tert-OH is 1. The smallest absolute Gasteiger partial charge is 0.434 e. The Hall–Kier alpha value is -3.61. The predicted octanol–water partition coefficient (Wildman–Crippen LogP) is 1.18. The molecule has 0 spiro atoms. The molecule has 0 aliphatic rings. The van der Waals surface area contributed by atoms with E-state index in [-0.39, 0.29) is 31.2 Å². The van der Waals surface area contributed by atoms with Crippen molar-refractivity contribution in [1.29, 1.82) is 0 Å². The van der Waals surface area contributed by atoms with Crippen molar-refractivity contribution in [3.8, 4) is 5.75 Å². The molecule has 0 aliphatic carbocycles. The molecule has 0 amide bonds. The van der Waals surface area contributed by atoms with Crippen molar-refractivity contribution in [3.63, 3.8) is 0 Å². The molecule has 0 bridgehead atoms. The summed E-state index contributed by atoms with van der Waals surface area (Å²) in [6.45, 7) is -0.821. The number of aliphatic hydroxyl groups is 1. The number of nitro groups is 3. The molecule has 1 N–H and O–H groups in total. The van der Waals surface area contributed by atoms with Crippen LogP contribution in [0.5, 0.6) is 5.75 Å². The molecule has 1 aromatic carbocycles. The van der Waals surface area contributed by atoms with Gasteiger partial charge in [0.05, 0.1) is 29.1 Å². The van der Waals surface area contributed by atoms with Gasteiger partial charge >= 0.3 is 11.6 Å². The van der Waals surface area contributed by atoms with Crippen LogP contribution in [-0.2, 0) is 13.2 Å². The normalized spacial score (nSPS) is 10.4. The third-order valence-electron chi connectivity index (χ3n) is 3.13. The van der Waals surface area contributed by atoms with Crippen LogP contribution in [0.25, 0.3) is 0 Å². The summed E-state index contributed by atoms with van der Waals surface area (Å²) < 4.78 is 6.36. The Morgan fingerprint density at radius 1 is 1.12 bits per heavy atom. The number of non-ortho nitro benzene ring substituents is 1. The fourth-order valence-corrected chi connectivity index (χ4v) is 2.04. The lowest BCUT2D eigenvalue weighted by Gasteiger charge is -2.07. The Balaban J connectivity index is 2.28. The van der Waals surface area contributed by atoms with Crippen LogP contribution >= 0.6 is 0 Å². The first kappa shape index (κ1) is 17.7. The molecule has 132 valence electrons. The maximum Gasteiger partial charge on any atom is 0.434 e. The van der Waals surface area contributed by atoms with Crippen molar-refractivity contribution in [1.82, 2.24) is 9.55 Å². The molecule has 2 aromatic rings. The largest absolute Gasteiger partial charge is 0.479 e. The number of rotatable bonds is 8. The van der Waals surface area contributed by atoms with Crippen LogP contribution in [-0.4, -0.2) is 36.0 Å². The molecule has 0 saturated heterocycles. The van der Waals surface area contributed by atoms with Gasteiger partial charge in [0.1, 0.15) is 12.8 Å². The molecule has 0 atom stereocenters. The monoisotopic (exact) mass is 353 g/mol. The van der Waals surface area contributed by atoms with Crippen molar-refractivity contribution in [3.05, 3.63) is 60.4 Å². The number of hydrogen-bond acceptors (Lipinski definition) is 9. The molecule has 0 fully saturated rings. The van der Waals surface area contributed by atoms with Gasteiger partial charge < -0.3 is 20.0 Å². The van der Waals surface area contributed by atoms with Crippen LogP contribution < -0.4 is 4.74 Å². The lowest BCUT2D eigenvalue weighted by molar-refractivity contribution is -0.396. The number of benzene rings is 1. The maximum atomic E-state index is 11.0. The average molecular weight is 353 g/mol. The average Bonchev–Trinajstić information content (AvgIpc) is 2.96. The molecule has 0 radical (unpaired) electrons. The summed E-state index contributed by atoms with van der Waals surface area (Å²) in [4.78, 5) is 33.8. The van der Waals surface area contributed by atoms with Crippen LogP contribution in [0.1, 0.15) is 5.69 Å². The first-order chi connectivity index (χ1) is 11.8. The highest BCUT2D eigenvalue weighted by Gasteiger charge is 2.24. The van der Waals surface area contributed by atoms with E-state index in [1.807, 2.05) is 0 Å². The molecule has 13 heteroatoms. The molecule has 0 aliphatic heterocycles. The number of ether oxygens (including phenoxy) is 1. The summed E-state index contributed by atoms with van der Waals surface area (Å²) in [7, 11) is 0. The van der Waals surface area contributed by atoms with Crippen molar-refractivity contribution in [2.75, 3.05) is 6.61 Å². The summed E-state index contributed by atoms with van der Waals surface area (Å²) in [5.74, 6) is -0.749. The summed E-state index contributed by atoms with van der Waals surface area (Å²) in [6.07, 6.45) is 1.14. The molecule has 0 saturated carbocycles. The minimum Gasteiger partial charge on any atom is -0.479 e. The van der Waals surface area contributed by atoms with E-state index >= 15 is 0 Å². The third-order valence-corrected chi connectivity index (χ3v) is 3.13. The van der Waals surface area contributed by atoms with E-state index in [4.69, 9.17) is 9.84 Å². The SMILES string of the molecule is O=[N+]([O-])c1ccc(OCc2cnc([N+](=O)[O-])n2CCO)c([N+](=O)[O-])c1. The van der Waals surface area contributed by atoms with Crippen molar-refractivity contribution in [2.24, 2.45) is 0 Å². The highest BCUT2D eigenvalue weighted by Crippen LogP contribution is 2.31. The standard InChI is InChI=1S/C12H11N5O8/c18-4-3-14-9(6-13-12(14)17(23)24)7-25-11-2-1-8(15(19)20)5-10(11)16(21)22/h1-2,5-6,18H,3-4,7H2. The summed E-state index contributed by atoms with van der Waals surface area (Å²) in [6, 6.07) is 2.86. The van der Waals surface area contributed by atoms with Gasteiger partial charge in [0.2, 0.25) is 0 Å². The quantitative estimate of drug-likeness (QED) is 0.539. The Morgan fingerprint density at radius 3 is 2.40 bits per heavy atom. The van der Waals surface area contributed by atoms with Crippen LogP contribution in [0.15, 0.2) is 24.4 Å². The van der Waals surface area contributed by atoms with Crippen LogP contribution in [0.3, 0.4) is 0 Å². The molecular weight excluding hydrogens is 342 g/mol. The molecule has 0 unspecified atom stereocenters. The van der Waals surface area contributed by atoms with Crippen molar-refractivity contribution in [2.45, 2.75) is 13.2 Å². The van der Waals surface area contributed by atoms with Gasteiger partial charge in [0.15, 0.2) is 11.4 Å². The zero-order valence-electron chi connectivity index (χ0n) is 12.5. The van der Waals surface area contributed by atoms with Gasteiger partial charge in [0, 0.05) is 6.07 Å². The number of hydrogen-bond donors (Lipinski definition) is 1. The van der Waals surface area contributed by atoms with E-state index in [0.717, 1.165) is 29.0 Å². The van der Waals surface area contributed by atoms with E-state index in [2.05, 4.69) is 4.98 Å². The lowest BCUT2D eigenvalue weighted by Crippen LogP contribution is -2.11. The van der Waals surface area contributed by atoms with Gasteiger partial charge in [-0.2, -0.15) is 0 Å². The van der Waals surface area contributed by atoms with Crippen LogP contribution in [0, 0.1) is 30.3 Å². The van der Waals surface area contributed by atoms with Crippen molar-refractivity contribution < 1.29 is 24.6 Å². The molecule has 1 heterocycles. The first-order valence-electron chi connectivity index (χ1n) is 6.70. The van der Waals surface area contributed by atoms with Gasteiger partial charge in [-0.15, -0.1) is 0 Å². The minimum atomic E-state index is -0.837. The predicted molar refractivity (Wildman–Crippen MR) is 80.0 cm³/mol. The molecule has 1 aromatic heterocycles. The third kappa shape index (κ3) is 3.84. The van der Waals surface area contributed by atoms with Gasteiger partial charge in [-0.3, -0.25) is 20.2 Å². The number of imidazole rings is 1. The molecule has 13 nitrogen and oxygen atoms in total. The Labute approximate surface area is 138 Å². The van der Waals surface area contributed by atoms with Crippen LogP contribution in [0.4, 0.5) is 17.3 Å². The van der Waals surface area contributed by atoms with E-state index in [0.29, 0.717) is 0 Å². The number of nitrogens with zero attached hydrogens (tertiary/aromatic N) is 5. The molecule has 25 heavy (non-hydrogen) atoms. The minimum absolute atomic E-state index is 0.114. The second-order valence-electron chi connectivity index (χ2n) is 4.64. The first-order valence-corrected chi connectivity index (χ1v) is 6.70. The van der Waals surface area contributed by atoms with E-state index in [1.165, 1.54) is 0 Å². The fraction of sp³-hybridized carbons (Fsp3) is 0.250. The highest BCUT2D eigenvalue weighted by molar-refractivity contribution is 5.53. The maximum absolute atomic E-state index is 11.0. The summed E-state index contributed by atoms with van der Waals surface area (Å²) in [5.41, 5.74) is -0.884. The van der Waals surface area contributed by atoms with E-state index in [9.17, 15) is 30.3 Å². The van der Waals surface area contributed by atoms with E-state index in [1.54, 1.807) is 0 Å². The zero-order valence-corrected chi connectivity index (χ0v) is 12.5. The topological polar surface area (TPSA) is 177 Å². The van der Waals surface area contributed by atoms with Gasteiger partial charge in [-0.25, -0.2) is 4.57 Å².